The summed E-state index contributed by atoms with van der Waals surface area (Å²) < 4.78 is 0. The van der Waals surface area contributed by atoms with E-state index >= 15 is 0 Å². The fourth-order valence-electron chi connectivity index (χ4n) is 3.72. The number of fused-ring (bicyclic) bond motifs is 1. The molecule has 1 amide bonds. The van der Waals surface area contributed by atoms with Crippen LogP contribution in [-0.4, -0.2) is 27.0 Å². The predicted octanol–water partition coefficient (Wildman–Crippen LogP) is 2.50. The summed E-state index contributed by atoms with van der Waals surface area (Å²) in [7, 11) is 0. The zero-order chi connectivity index (χ0) is 15.9. The number of nitrogens with one attached hydrogen (secondary N) is 1. The molecule has 0 aromatic carbocycles. The molecule has 5 heteroatoms. The number of hydrogen-bond donors (Lipinski definition) is 2. The van der Waals surface area contributed by atoms with Gasteiger partial charge in [0.25, 0.3) is 5.91 Å². The Bertz CT molecular complexity index is 577. The quantitative estimate of drug-likeness (QED) is 0.880. The second kappa shape index (κ2) is 5.61. The lowest BCUT2D eigenvalue weighted by atomic mass is 9.87. The molecular weight excluding hydrogens is 278 g/mol. The van der Waals surface area contributed by atoms with Crippen molar-refractivity contribution in [3.8, 4) is 0 Å². The lowest BCUT2D eigenvalue weighted by Crippen LogP contribution is -2.38. The second-order valence-corrected chi connectivity index (χ2v) is 7.30. The number of hydrogen-bond acceptors (Lipinski definition) is 4. The first-order valence-corrected chi connectivity index (χ1v) is 8.27. The van der Waals surface area contributed by atoms with Crippen LogP contribution in [0.3, 0.4) is 0 Å². The van der Waals surface area contributed by atoms with Crippen molar-refractivity contribution < 1.29 is 9.90 Å². The molecule has 120 valence electrons. The number of carbonyl (C=O) groups is 1. The molecule has 2 N–H and O–H groups in total. The first-order valence-electron chi connectivity index (χ1n) is 8.27. The molecule has 0 radical (unpaired) electrons. The van der Waals surface area contributed by atoms with Crippen LogP contribution < -0.4 is 5.32 Å². The van der Waals surface area contributed by atoms with Gasteiger partial charge in [0.1, 0.15) is 11.3 Å². The second-order valence-electron chi connectivity index (χ2n) is 7.30. The molecule has 1 aromatic rings. The molecule has 5 nitrogen and oxygen atoms in total. The zero-order valence-corrected chi connectivity index (χ0v) is 13.6. The lowest BCUT2D eigenvalue weighted by molar-refractivity contribution is 0.0510. The standard InChI is InChI=1S/C17H25N3O2/c1-10-4-6-12(7-5-10)19-16(21)13-9-18-14-11(2)8-17(3,22)15(14)20-13/h9-12,22H,4-8H2,1-3H3,(H,19,21)/t10?,11-,12?,17+/m1/s1. The van der Waals surface area contributed by atoms with E-state index in [-0.39, 0.29) is 17.9 Å². The highest BCUT2D eigenvalue weighted by Gasteiger charge is 2.40. The monoisotopic (exact) mass is 303 g/mol. The van der Waals surface area contributed by atoms with Crippen molar-refractivity contribution in [2.75, 3.05) is 0 Å². The molecule has 0 unspecified atom stereocenters. The number of rotatable bonds is 2. The van der Waals surface area contributed by atoms with Crippen molar-refractivity contribution in [3.05, 3.63) is 23.3 Å². The first kappa shape index (κ1) is 15.4. The molecule has 1 fully saturated rings. The SMILES string of the molecule is CC1CCC(NC(=O)c2cnc3c(n2)[C@@](C)(O)C[C@H]3C)CC1. The van der Waals surface area contributed by atoms with Gasteiger partial charge >= 0.3 is 0 Å². The van der Waals surface area contributed by atoms with Gasteiger partial charge in [-0.3, -0.25) is 9.78 Å². The number of nitrogens with zero attached hydrogens (tertiary/aromatic N) is 2. The molecule has 1 heterocycles. The maximum absolute atomic E-state index is 12.4. The van der Waals surface area contributed by atoms with Crippen molar-refractivity contribution in [1.82, 2.24) is 15.3 Å². The smallest absolute Gasteiger partial charge is 0.271 e. The molecule has 0 spiro atoms. The highest BCUT2D eigenvalue weighted by Crippen LogP contribution is 2.41. The minimum atomic E-state index is -0.988. The van der Waals surface area contributed by atoms with Gasteiger partial charge in [0.05, 0.1) is 17.6 Å². The van der Waals surface area contributed by atoms with Crippen LogP contribution in [0.1, 0.15) is 80.7 Å². The van der Waals surface area contributed by atoms with E-state index in [2.05, 4.69) is 22.2 Å². The zero-order valence-electron chi connectivity index (χ0n) is 13.6. The molecule has 0 aliphatic heterocycles. The maximum Gasteiger partial charge on any atom is 0.271 e. The van der Waals surface area contributed by atoms with Gasteiger partial charge < -0.3 is 10.4 Å². The highest BCUT2D eigenvalue weighted by molar-refractivity contribution is 5.92. The molecule has 3 rings (SSSR count). The van der Waals surface area contributed by atoms with Gasteiger partial charge in [-0.25, -0.2) is 4.98 Å². The van der Waals surface area contributed by atoms with Gasteiger partial charge in [0.2, 0.25) is 0 Å². The molecule has 22 heavy (non-hydrogen) atoms. The van der Waals surface area contributed by atoms with Crippen LogP contribution in [0.2, 0.25) is 0 Å². The largest absolute Gasteiger partial charge is 0.384 e. The number of carbonyl (C=O) groups excluding carboxylic acids is 1. The fraction of sp³-hybridized carbons (Fsp3) is 0.706. The summed E-state index contributed by atoms with van der Waals surface area (Å²) in [5.74, 6) is 0.754. The lowest BCUT2D eigenvalue weighted by Gasteiger charge is -2.26. The van der Waals surface area contributed by atoms with Crippen molar-refractivity contribution in [2.45, 2.75) is 70.4 Å². The molecule has 0 saturated heterocycles. The topological polar surface area (TPSA) is 75.1 Å². The van der Waals surface area contributed by atoms with E-state index in [1.165, 1.54) is 6.20 Å². The van der Waals surface area contributed by atoms with Crippen molar-refractivity contribution >= 4 is 5.91 Å². The van der Waals surface area contributed by atoms with Gasteiger partial charge in [-0.1, -0.05) is 13.8 Å². The molecule has 2 aliphatic carbocycles. The Hall–Kier alpha value is -1.49. The normalized spacial score (nSPS) is 34.3. The number of aliphatic hydroxyl groups is 1. The summed E-state index contributed by atoms with van der Waals surface area (Å²) in [6.07, 6.45) is 6.52. The van der Waals surface area contributed by atoms with Gasteiger partial charge in [0, 0.05) is 12.0 Å². The van der Waals surface area contributed by atoms with Crippen LogP contribution in [0.25, 0.3) is 0 Å². The van der Waals surface area contributed by atoms with Gasteiger partial charge in [-0.15, -0.1) is 0 Å². The minimum Gasteiger partial charge on any atom is -0.384 e. The molecule has 0 bridgehead atoms. The first-order chi connectivity index (χ1) is 10.4. The van der Waals surface area contributed by atoms with E-state index in [0.717, 1.165) is 37.3 Å². The minimum absolute atomic E-state index is 0.175. The summed E-state index contributed by atoms with van der Waals surface area (Å²) in [5, 5.41) is 13.5. The van der Waals surface area contributed by atoms with Crippen molar-refractivity contribution in [3.63, 3.8) is 0 Å². The summed E-state index contributed by atoms with van der Waals surface area (Å²) >= 11 is 0. The van der Waals surface area contributed by atoms with E-state index in [4.69, 9.17) is 0 Å². The molecule has 1 saturated carbocycles. The van der Waals surface area contributed by atoms with Gasteiger partial charge in [0.15, 0.2) is 0 Å². The maximum atomic E-state index is 12.4. The third-order valence-electron chi connectivity index (χ3n) is 5.07. The third-order valence-corrected chi connectivity index (χ3v) is 5.07. The van der Waals surface area contributed by atoms with Crippen LogP contribution in [0.4, 0.5) is 0 Å². The Kier molecular flexibility index (Phi) is 3.93. The fourth-order valence-corrected chi connectivity index (χ4v) is 3.72. The summed E-state index contributed by atoms with van der Waals surface area (Å²) in [5.41, 5.74) is 0.697. The van der Waals surface area contributed by atoms with Crippen LogP contribution in [-0.2, 0) is 5.60 Å². The Morgan fingerprint density at radius 3 is 2.68 bits per heavy atom. The van der Waals surface area contributed by atoms with Crippen molar-refractivity contribution in [2.24, 2.45) is 5.92 Å². The van der Waals surface area contributed by atoms with Crippen LogP contribution in [0, 0.1) is 5.92 Å². The summed E-state index contributed by atoms with van der Waals surface area (Å²) in [6.45, 7) is 6.03. The molecular formula is C17H25N3O2. The summed E-state index contributed by atoms with van der Waals surface area (Å²) in [6, 6.07) is 0.234. The van der Waals surface area contributed by atoms with Crippen LogP contribution in [0.15, 0.2) is 6.20 Å². The van der Waals surface area contributed by atoms with Crippen molar-refractivity contribution in [1.29, 1.82) is 0 Å². The number of amides is 1. The van der Waals surface area contributed by atoms with Gasteiger partial charge in [-0.05, 0) is 44.9 Å². The predicted molar refractivity (Wildman–Crippen MR) is 83.5 cm³/mol. The third kappa shape index (κ3) is 2.86. The Morgan fingerprint density at radius 1 is 1.32 bits per heavy atom. The molecule has 2 atom stereocenters. The average Bonchev–Trinajstić information content (AvgIpc) is 2.71. The van der Waals surface area contributed by atoms with E-state index in [0.29, 0.717) is 17.8 Å². The number of aromatic nitrogens is 2. The average molecular weight is 303 g/mol. The highest BCUT2D eigenvalue weighted by atomic mass is 16.3. The van der Waals surface area contributed by atoms with Crippen LogP contribution in [0.5, 0.6) is 0 Å². The summed E-state index contributed by atoms with van der Waals surface area (Å²) in [4.78, 5) is 21.2. The van der Waals surface area contributed by atoms with E-state index < -0.39 is 5.60 Å². The van der Waals surface area contributed by atoms with E-state index in [1.807, 2.05) is 6.92 Å². The molecule has 2 aliphatic rings. The van der Waals surface area contributed by atoms with E-state index in [1.54, 1.807) is 6.92 Å². The van der Waals surface area contributed by atoms with Crippen LogP contribution >= 0.6 is 0 Å². The Labute approximate surface area is 131 Å². The van der Waals surface area contributed by atoms with E-state index in [9.17, 15) is 9.90 Å². The Balaban J connectivity index is 1.74. The Morgan fingerprint density at radius 2 is 2.00 bits per heavy atom. The molecule has 1 aromatic heterocycles. The van der Waals surface area contributed by atoms with Gasteiger partial charge in [-0.2, -0.15) is 0 Å².